The molecule has 0 unspecified atom stereocenters. The van der Waals surface area contributed by atoms with Gasteiger partial charge in [-0.2, -0.15) is 0 Å². The monoisotopic (exact) mass is 388 g/mol. The molecule has 1 aromatic heterocycles. The van der Waals surface area contributed by atoms with Gasteiger partial charge in [-0.25, -0.2) is 8.78 Å². The van der Waals surface area contributed by atoms with Gasteiger partial charge in [0, 0.05) is 42.9 Å². The average Bonchev–Trinajstić information content (AvgIpc) is 3.09. The van der Waals surface area contributed by atoms with E-state index in [1.807, 2.05) is 48.5 Å². The second-order valence-corrected chi connectivity index (χ2v) is 7.91. The Bertz CT molecular complexity index is 1420. The number of halogens is 2. The van der Waals surface area contributed by atoms with Crippen molar-refractivity contribution in [2.45, 2.75) is 6.42 Å². The number of thiophene rings is 1. The Labute approximate surface area is 163 Å². The van der Waals surface area contributed by atoms with Crippen LogP contribution in [0.5, 0.6) is 0 Å². The number of hydrogen-bond acceptors (Lipinski definition) is 2. The lowest BCUT2D eigenvalue weighted by Crippen LogP contribution is -2.00. The van der Waals surface area contributed by atoms with Crippen LogP contribution in [-0.4, -0.2) is 0 Å². The summed E-state index contributed by atoms with van der Waals surface area (Å²) in [6.45, 7) is 0. The molecule has 5 rings (SSSR count). The van der Waals surface area contributed by atoms with Gasteiger partial charge in [0.1, 0.15) is 0 Å². The van der Waals surface area contributed by atoms with Crippen LogP contribution in [-0.2, 0) is 6.42 Å². The van der Waals surface area contributed by atoms with E-state index in [1.165, 1.54) is 17.4 Å². The van der Waals surface area contributed by atoms with Crippen molar-refractivity contribution in [3.8, 4) is 0 Å². The highest BCUT2D eigenvalue weighted by molar-refractivity contribution is 7.20. The summed E-state index contributed by atoms with van der Waals surface area (Å²) in [5, 5.41) is 2.13. The largest absolute Gasteiger partial charge is 0.289 e. The minimum Gasteiger partial charge on any atom is -0.289 e. The molecule has 0 bridgehead atoms. The summed E-state index contributed by atoms with van der Waals surface area (Å²) in [4.78, 5) is 14.1. The van der Waals surface area contributed by atoms with Crippen molar-refractivity contribution in [3.63, 3.8) is 0 Å². The third-order valence-electron chi connectivity index (χ3n) is 5.03. The molecule has 0 aliphatic heterocycles. The minimum absolute atomic E-state index is 0.0618. The Balaban J connectivity index is 1.95. The number of rotatable bonds is 2. The molecular weight excluding hydrogens is 374 g/mol. The van der Waals surface area contributed by atoms with Crippen molar-refractivity contribution >= 4 is 43.0 Å². The maximum atomic E-state index is 14.9. The smallest absolute Gasteiger partial charge is 0.194 e. The van der Waals surface area contributed by atoms with Crippen LogP contribution in [0.25, 0.3) is 31.6 Å². The topological polar surface area (TPSA) is 17.1 Å². The second kappa shape index (κ2) is 6.50. The highest BCUT2D eigenvalue weighted by atomic mass is 32.1. The molecule has 1 heterocycles. The Morgan fingerprint density at radius 3 is 2.25 bits per heavy atom. The van der Waals surface area contributed by atoms with Crippen molar-refractivity contribution in [2.75, 3.05) is 0 Å². The van der Waals surface area contributed by atoms with E-state index in [1.54, 1.807) is 12.1 Å². The van der Waals surface area contributed by atoms with Gasteiger partial charge in [0.2, 0.25) is 0 Å². The summed E-state index contributed by atoms with van der Waals surface area (Å²) < 4.78 is 29.7. The highest BCUT2D eigenvalue weighted by Crippen LogP contribution is 2.37. The van der Waals surface area contributed by atoms with E-state index < -0.39 is 11.6 Å². The predicted molar refractivity (Wildman–Crippen MR) is 112 cm³/mol. The molecule has 1 nitrogen and oxygen atoms in total. The second-order valence-electron chi connectivity index (χ2n) is 6.78. The summed E-state index contributed by atoms with van der Waals surface area (Å²) in [5.41, 5.74) is 0.862. The molecule has 136 valence electrons. The normalized spacial score (nSPS) is 11.5. The number of benzene rings is 3. The van der Waals surface area contributed by atoms with Crippen LogP contribution in [0.1, 0.15) is 10.4 Å². The molecule has 0 atom stereocenters. The van der Waals surface area contributed by atoms with Crippen molar-refractivity contribution < 1.29 is 8.78 Å². The Morgan fingerprint density at radius 1 is 0.750 bits per heavy atom. The third-order valence-corrected chi connectivity index (χ3v) is 6.20. The molecule has 5 aromatic rings. The molecule has 0 aliphatic rings. The maximum absolute atomic E-state index is 14.9. The molecule has 0 fully saturated rings. The fourth-order valence-corrected chi connectivity index (χ4v) is 4.98. The van der Waals surface area contributed by atoms with Gasteiger partial charge in [0.05, 0.1) is 0 Å². The van der Waals surface area contributed by atoms with Gasteiger partial charge in [-0.05, 0) is 23.8 Å². The van der Waals surface area contributed by atoms with E-state index in [4.69, 9.17) is 0 Å². The van der Waals surface area contributed by atoms with Gasteiger partial charge < -0.3 is 0 Å². The van der Waals surface area contributed by atoms with Crippen LogP contribution in [0, 0.1) is 11.6 Å². The fourth-order valence-electron chi connectivity index (χ4n) is 3.74. The van der Waals surface area contributed by atoms with Crippen LogP contribution in [0.4, 0.5) is 8.78 Å². The molecule has 0 amide bonds. The highest BCUT2D eigenvalue weighted by Gasteiger charge is 2.17. The lowest BCUT2D eigenvalue weighted by atomic mass is 10.1. The molecule has 0 N–H and O–H groups in total. The van der Waals surface area contributed by atoms with Gasteiger partial charge in [0.25, 0.3) is 0 Å². The first-order chi connectivity index (χ1) is 13.6. The zero-order valence-corrected chi connectivity index (χ0v) is 15.5. The van der Waals surface area contributed by atoms with E-state index in [-0.39, 0.29) is 16.2 Å². The third kappa shape index (κ3) is 2.60. The van der Waals surface area contributed by atoms with Gasteiger partial charge in [0.15, 0.2) is 17.1 Å². The Hall–Kier alpha value is -3.11. The number of hydrogen-bond donors (Lipinski definition) is 0. The number of fused-ring (bicyclic) bond motifs is 5. The molecular formula is C24H14F2OS. The Kier molecular flexibility index (Phi) is 3.95. The molecule has 4 heteroatoms. The van der Waals surface area contributed by atoms with E-state index in [0.29, 0.717) is 17.2 Å². The van der Waals surface area contributed by atoms with Crippen molar-refractivity contribution in [2.24, 2.45) is 0 Å². The van der Waals surface area contributed by atoms with Crippen LogP contribution in [0.3, 0.4) is 0 Å². The van der Waals surface area contributed by atoms with E-state index in [2.05, 4.69) is 0 Å². The van der Waals surface area contributed by atoms with Gasteiger partial charge >= 0.3 is 0 Å². The summed E-state index contributed by atoms with van der Waals surface area (Å²) >= 11 is 1.53. The van der Waals surface area contributed by atoms with Crippen LogP contribution in [0.2, 0.25) is 0 Å². The molecule has 0 radical (unpaired) electrons. The van der Waals surface area contributed by atoms with Crippen molar-refractivity contribution in [3.05, 3.63) is 105 Å². The van der Waals surface area contributed by atoms with Gasteiger partial charge in [-0.15, -0.1) is 11.3 Å². The van der Waals surface area contributed by atoms with Gasteiger partial charge in [-0.1, -0.05) is 54.6 Å². The average molecular weight is 388 g/mol. The summed E-state index contributed by atoms with van der Waals surface area (Å²) in [6.07, 6.45) is 0.695. The van der Waals surface area contributed by atoms with Gasteiger partial charge in [-0.3, -0.25) is 4.79 Å². The van der Waals surface area contributed by atoms with Crippen LogP contribution >= 0.6 is 11.3 Å². The standard InChI is InChI=1S/C24H14F2OS/c25-20-11-10-18-21(22(20)26)19-13-15(12-14-6-2-1-3-7-14)28-24(19)17-9-5-4-8-16(17)23(18)27/h1-11,13H,12H2. The lowest BCUT2D eigenvalue weighted by molar-refractivity contribution is 0.517. The molecule has 0 saturated heterocycles. The summed E-state index contributed by atoms with van der Waals surface area (Å²) in [5.74, 6) is -1.91. The SMILES string of the molecule is O=c1c2ccccc2c2sc(Cc3ccccc3)cc2c2c(F)c(F)ccc12. The summed E-state index contributed by atoms with van der Waals surface area (Å²) in [7, 11) is 0. The lowest BCUT2D eigenvalue weighted by Gasteiger charge is -1.98. The molecule has 28 heavy (non-hydrogen) atoms. The first-order valence-corrected chi connectivity index (χ1v) is 9.74. The molecule has 0 saturated carbocycles. The van der Waals surface area contributed by atoms with Crippen LogP contribution < -0.4 is 5.43 Å². The van der Waals surface area contributed by atoms with Crippen molar-refractivity contribution in [1.82, 2.24) is 0 Å². The van der Waals surface area contributed by atoms with Crippen molar-refractivity contribution in [1.29, 1.82) is 0 Å². The van der Waals surface area contributed by atoms with E-state index in [9.17, 15) is 13.6 Å². The van der Waals surface area contributed by atoms with Crippen LogP contribution in [0.15, 0.2) is 77.6 Å². The first kappa shape index (κ1) is 17.0. The van der Waals surface area contributed by atoms with E-state index in [0.717, 1.165) is 26.6 Å². The first-order valence-electron chi connectivity index (χ1n) is 8.92. The molecule has 0 spiro atoms. The maximum Gasteiger partial charge on any atom is 0.194 e. The Morgan fingerprint density at radius 2 is 1.46 bits per heavy atom. The minimum atomic E-state index is -0.969. The quantitative estimate of drug-likeness (QED) is 0.340. The van der Waals surface area contributed by atoms with E-state index >= 15 is 0 Å². The fraction of sp³-hybridized carbons (Fsp3) is 0.0417. The zero-order chi connectivity index (χ0) is 19.3. The molecule has 4 aromatic carbocycles. The summed E-state index contributed by atoms with van der Waals surface area (Å²) in [6, 6.07) is 21.6. The predicted octanol–water partition coefficient (Wildman–Crippen LogP) is 6.44. The molecule has 0 aliphatic carbocycles. The zero-order valence-electron chi connectivity index (χ0n) is 14.7.